The molecule has 1 fully saturated rings. The first kappa shape index (κ1) is 16.7. The normalized spacial score (nSPS) is 19.7. The van der Waals surface area contributed by atoms with E-state index in [2.05, 4.69) is 0 Å². The number of phenols is 1. The SMILES string of the molecule is CC(C)(C)c1ccc(O)c(N2CC(CS(=O)(=O)F)CC2=O)c1. The van der Waals surface area contributed by atoms with Crippen molar-refractivity contribution in [3.63, 3.8) is 0 Å². The van der Waals surface area contributed by atoms with Crippen LogP contribution in [-0.2, 0) is 20.4 Å². The zero-order valence-electron chi connectivity index (χ0n) is 12.8. The first-order valence-corrected chi connectivity index (χ1v) is 8.59. The largest absolute Gasteiger partial charge is 0.506 e. The number of hydrogen-bond acceptors (Lipinski definition) is 4. The minimum absolute atomic E-state index is 0.0393. The van der Waals surface area contributed by atoms with Crippen molar-refractivity contribution < 1.29 is 22.2 Å². The van der Waals surface area contributed by atoms with Crippen LogP contribution in [0.5, 0.6) is 5.75 Å². The maximum Gasteiger partial charge on any atom is 0.302 e. The fourth-order valence-electron chi connectivity index (χ4n) is 2.61. The summed E-state index contributed by atoms with van der Waals surface area (Å²) in [6.45, 7) is 6.11. The molecule has 1 aliphatic heterocycles. The van der Waals surface area contributed by atoms with Gasteiger partial charge >= 0.3 is 10.2 Å². The van der Waals surface area contributed by atoms with Crippen LogP contribution in [0.15, 0.2) is 18.2 Å². The summed E-state index contributed by atoms with van der Waals surface area (Å²) in [4.78, 5) is 13.4. The van der Waals surface area contributed by atoms with Gasteiger partial charge in [0.2, 0.25) is 5.91 Å². The second-order valence-corrected chi connectivity index (χ2v) is 8.14. The van der Waals surface area contributed by atoms with Crippen molar-refractivity contribution in [2.75, 3.05) is 17.2 Å². The topological polar surface area (TPSA) is 74.7 Å². The lowest BCUT2D eigenvalue weighted by atomic mass is 9.86. The molecule has 0 saturated carbocycles. The van der Waals surface area contributed by atoms with Crippen LogP contribution >= 0.6 is 0 Å². The Morgan fingerprint density at radius 3 is 2.55 bits per heavy atom. The van der Waals surface area contributed by atoms with E-state index >= 15 is 0 Å². The minimum Gasteiger partial charge on any atom is -0.506 e. The Bertz CT molecular complexity index is 694. The molecule has 1 heterocycles. The van der Waals surface area contributed by atoms with Gasteiger partial charge in [-0.25, -0.2) is 0 Å². The molecule has 5 nitrogen and oxygen atoms in total. The van der Waals surface area contributed by atoms with E-state index in [9.17, 15) is 22.2 Å². The molecule has 1 atom stereocenters. The van der Waals surface area contributed by atoms with E-state index in [0.29, 0.717) is 5.69 Å². The summed E-state index contributed by atoms with van der Waals surface area (Å²) in [5.41, 5.74) is 1.12. The van der Waals surface area contributed by atoms with Crippen molar-refractivity contribution in [3.05, 3.63) is 23.8 Å². The molecule has 1 unspecified atom stereocenters. The predicted octanol–water partition coefficient (Wildman–Crippen LogP) is 2.34. The standard InChI is InChI=1S/C15H20FNO4S/c1-15(2,3)11-4-5-13(18)12(7-11)17-8-10(6-14(17)19)9-22(16,20)21/h4-5,7,10,18H,6,8-9H2,1-3H3. The average Bonchev–Trinajstić information content (AvgIpc) is 2.66. The van der Waals surface area contributed by atoms with E-state index < -0.39 is 21.9 Å². The number of anilines is 1. The number of nitrogens with zero attached hydrogens (tertiary/aromatic N) is 1. The predicted molar refractivity (Wildman–Crippen MR) is 82.2 cm³/mol. The molecule has 122 valence electrons. The number of carbonyl (C=O) groups excluding carboxylic acids is 1. The maximum atomic E-state index is 12.8. The number of phenolic OH excluding ortho intramolecular Hbond substituents is 1. The third-order valence-corrected chi connectivity index (χ3v) is 4.64. The number of benzene rings is 1. The molecule has 1 N–H and O–H groups in total. The van der Waals surface area contributed by atoms with Gasteiger partial charge in [-0.05, 0) is 23.1 Å². The van der Waals surface area contributed by atoms with Gasteiger partial charge in [0.05, 0.1) is 11.4 Å². The van der Waals surface area contributed by atoms with E-state index in [1.165, 1.54) is 11.0 Å². The Labute approximate surface area is 130 Å². The summed E-state index contributed by atoms with van der Waals surface area (Å²) in [7, 11) is -4.62. The number of halogens is 1. The highest BCUT2D eigenvalue weighted by Gasteiger charge is 2.35. The smallest absolute Gasteiger partial charge is 0.302 e. The lowest BCUT2D eigenvalue weighted by Crippen LogP contribution is -2.26. The number of amides is 1. The molecule has 1 aromatic carbocycles. The van der Waals surface area contributed by atoms with E-state index in [1.54, 1.807) is 12.1 Å². The molecular weight excluding hydrogens is 309 g/mol. The Morgan fingerprint density at radius 1 is 1.36 bits per heavy atom. The van der Waals surface area contributed by atoms with Gasteiger partial charge in [-0.2, -0.15) is 8.42 Å². The van der Waals surface area contributed by atoms with Crippen LogP contribution in [0.2, 0.25) is 0 Å². The average molecular weight is 329 g/mol. The van der Waals surface area contributed by atoms with E-state index in [0.717, 1.165) is 5.56 Å². The first-order chi connectivity index (χ1) is 9.97. The fraction of sp³-hybridized carbons (Fsp3) is 0.533. The van der Waals surface area contributed by atoms with Crippen molar-refractivity contribution in [1.82, 2.24) is 0 Å². The second kappa shape index (κ2) is 5.53. The lowest BCUT2D eigenvalue weighted by molar-refractivity contribution is -0.117. The Kier molecular flexibility index (Phi) is 4.21. The highest BCUT2D eigenvalue weighted by atomic mass is 32.3. The zero-order chi connectivity index (χ0) is 16.7. The van der Waals surface area contributed by atoms with E-state index in [1.807, 2.05) is 20.8 Å². The lowest BCUT2D eigenvalue weighted by Gasteiger charge is -2.24. The van der Waals surface area contributed by atoms with Gasteiger partial charge in [-0.3, -0.25) is 4.79 Å². The van der Waals surface area contributed by atoms with Gasteiger partial charge in [-0.1, -0.05) is 26.8 Å². The van der Waals surface area contributed by atoms with E-state index in [-0.39, 0.29) is 30.0 Å². The molecular formula is C15H20FNO4S. The third kappa shape index (κ3) is 3.76. The molecule has 0 bridgehead atoms. The summed E-state index contributed by atoms with van der Waals surface area (Å²) in [6, 6.07) is 5.02. The molecule has 22 heavy (non-hydrogen) atoms. The molecule has 0 aliphatic carbocycles. The molecule has 1 amide bonds. The van der Waals surface area contributed by atoms with Crippen LogP contribution in [0.1, 0.15) is 32.8 Å². The van der Waals surface area contributed by atoms with Crippen molar-refractivity contribution in [2.24, 2.45) is 5.92 Å². The molecule has 1 aliphatic rings. The highest BCUT2D eigenvalue weighted by Crippen LogP contribution is 2.36. The van der Waals surface area contributed by atoms with Crippen LogP contribution in [0.4, 0.5) is 9.57 Å². The molecule has 1 saturated heterocycles. The van der Waals surface area contributed by atoms with Crippen molar-refractivity contribution in [3.8, 4) is 5.75 Å². The number of carbonyl (C=O) groups is 1. The van der Waals surface area contributed by atoms with Crippen LogP contribution in [0.25, 0.3) is 0 Å². The molecule has 2 rings (SSSR count). The fourth-order valence-corrected chi connectivity index (χ4v) is 3.40. The summed E-state index contributed by atoms with van der Waals surface area (Å²) in [5.74, 6) is -1.63. The number of aromatic hydroxyl groups is 1. The van der Waals surface area contributed by atoms with Crippen molar-refractivity contribution in [2.45, 2.75) is 32.6 Å². The quantitative estimate of drug-likeness (QED) is 0.864. The number of rotatable bonds is 3. The molecule has 1 aromatic rings. The summed E-state index contributed by atoms with van der Waals surface area (Å²) in [6.07, 6.45) is -0.0393. The van der Waals surface area contributed by atoms with Crippen LogP contribution < -0.4 is 4.90 Å². The Hall–Kier alpha value is -1.63. The molecule has 0 aromatic heterocycles. The zero-order valence-corrected chi connectivity index (χ0v) is 13.7. The van der Waals surface area contributed by atoms with Crippen LogP contribution in [-0.4, -0.2) is 31.7 Å². The first-order valence-electron chi connectivity index (χ1n) is 7.03. The Balaban J connectivity index is 2.30. The summed E-state index contributed by atoms with van der Waals surface area (Å²) < 4.78 is 34.3. The molecule has 0 radical (unpaired) electrons. The van der Waals surface area contributed by atoms with Crippen LogP contribution in [0, 0.1) is 5.92 Å². The van der Waals surface area contributed by atoms with Gasteiger partial charge in [0.1, 0.15) is 5.75 Å². The summed E-state index contributed by atoms with van der Waals surface area (Å²) >= 11 is 0. The second-order valence-electron chi connectivity index (χ2n) is 6.73. The van der Waals surface area contributed by atoms with Crippen LogP contribution in [0.3, 0.4) is 0 Å². The third-order valence-electron chi connectivity index (χ3n) is 3.77. The van der Waals surface area contributed by atoms with Gasteiger partial charge in [0.15, 0.2) is 0 Å². The highest BCUT2D eigenvalue weighted by molar-refractivity contribution is 7.86. The number of hydrogen-bond donors (Lipinski definition) is 1. The van der Waals surface area contributed by atoms with Gasteiger partial charge in [0.25, 0.3) is 0 Å². The van der Waals surface area contributed by atoms with Gasteiger partial charge in [-0.15, -0.1) is 3.89 Å². The van der Waals surface area contributed by atoms with E-state index in [4.69, 9.17) is 0 Å². The minimum atomic E-state index is -4.62. The van der Waals surface area contributed by atoms with Crippen molar-refractivity contribution >= 4 is 21.8 Å². The van der Waals surface area contributed by atoms with Gasteiger partial charge < -0.3 is 10.0 Å². The molecule has 0 spiro atoms. The Morgan fingerprint density at radius 2 is 2.00 bits per heavy atom. The van der Waals surface area contributed by atoms with Crippen molar-refractivity contribution in [1.29, 1.82) is 0 Å². The summed E-state index contributed by atoms with van der Waals surface area (Å²) in [5, 5.41) is 10.0. The molecule has 7 heteroatoms. The maximum absolute atomic E-state index is 12.8. The van der Waals surface area contributed by atoms with Gasteiger partial charge in [0, 0.05) is 18.9 Å². The monoisotopic (exact) mass is 329 g/mol.